The molecule has 0 aliphatic carbocycles. The molecule has 1 N–H and O–H groups in total. The van der Waals surface area contributed by atoms with Crippen molar-refractivity contribution in [3.05, 3.63) is 52.5 Å². The highest BCUT2D eigenvalue weighted by Gasteiger charge is 2.31. The van der Waals surface area contributed by atoms with E-state index < -0.39 is 0 Å². The van der Waals surface area contributed by atoms with Crippen LogP contribution in [-0.2, 0) is 0 Å². The van der Waals surface area contributed by atoms with Crippen molar-refractivity contribution in [2.75, 3.05) is 31.8 Å². The molecule has 7 heteroatoms. The van der Waals surface area contributed by atoms with E-state index in [4.69, 9.17) is 21.1 Å². The molecule has 2 amide bonds. The van der Waals surface area contributed by atoms with E-state index in [-0.39, 0.29) is 11.4 Å². The van der Waals surface area contributed by atoms with Gasteiger partial charge in [-0.2, -0.15) is 0 Å². The van der Waals surface area contributed by atoms with Gasteiger partial charge in [0.2, 0.25) is 0 Å². The van der Waals surface area contributed by atoms with Crippen LogP contribution in [0.1, 0.15) is 16.5 Å². The number of urea groups is 1. The first-order valence-electron chi connectivity index (χ1n) is 8.21. The van der Waals surface area contributed by atoms with Crippen LogP contribution >= 0.6 is 23.4 Å². The summed E-state index contributed by atoms with van der Waals surface area (Å²) in [7, 11) is 3.21. The maximum atomic E-state index is 12.8. The number of halogens is 1. The average molecular weight is 393 g/mol. The van der Waals surface area contributed by atoms with Gasteiger partial charge in [-0.3, -0.25) is 0 Å². The molecule has 2 aromatic carbocycles. The van der Waals surface area contributed by atoms with E-state index in [0.717, 1.165) is 16.9 Å². The molecule has 1 heterocycles. The molecular formula is C19H21ClN2O3S. The first-order chi connectivity index (χ1) is 12.5. The number of hydrogen-bond acceptors (Lipinski definition) is 4. The van der Waals surface area contributed by atoms with Crippen molar-refractivity contribution in [1.29, 1.82) is 0 Å². The van der Waals surface area contributed by atoms with Gasteiger partial charge >= 0.3 is 6.03 Å². The van der Waals surface area contributed by atoms with E-state index >= 15 is 0 Å². The zero-order valence-corrected chi connectivity index (χ0v) is 16.5. The van der Waals surface area contributed by atoms with Crippen LogP contribution in [0.3, 0.4) is 0 Å². The number of benzene rings is 2. The molecule has 1 atom stereocenters. The molecule has 0 spiro atoms. The van der Waals surface area contributed by atoms with Crippen LogP contribution in [0, 0.1) is 6.92 Å². The van der Waals surface area contributed by atoms with Gasteiger partial charge in [0, 0.05) is 12.3 Å². The van der Waals surface area contributed by atoms with E-state index in [1.165, 1.54) is 0 Å². The van der Waals surface area contributed by atoms with Crippen molar-refractivity contribution in [2.45, 2.75) is 12.3 Å². The summed E-state index contributed by atoms with van der Waals surface area (Å²) in [4.78, 5) is 14.6. The number of carbonyl (C=O) groups excluding carboxylic acids is 1. The Labute approximate surface area is 162 Å². The summed E-state index contributed by atoms with van der Waals surface area (Å²) in [6.45, 7) is 2.63. The maximum Gasteiger partial charge on any atom is 0.323 e. The van der Waals surface area contributed by atoms with Crippen molar-refractivity contribution < 1.29 is 14.3 Å². The van der Waals surface area contributed by atoms with Crippen molar-refractivity contribution in [3.8, 4) is 11.5 Å². The molecule has 0 radical (unpaired) electrons. The third-order valence-electron chi connectivity index (χ3n) is 4.21. The second kappa shape index (κ2) is 8.10. The Morgan fingerprint density at radius 2 is 1.96 bits per heavy atom. The van der Waals surface area contributed by atoms with Gasteiger partial charge in [0.25, 0.3) is 0 Å². The highest BCUT2D eigenvalue weighted by atomic mass is 35.5. The van der Waals surface area contributed by atoms with Gasteiger partial charge in [0.05, 0.1) is 24.9 Å². The maximum absolute atomic E-state index is 12.8. The Balaban J connectivity index is 1.80. The third-order valence-corrected chi connectivity index (χ3v) is 5.78. The van der Waals surface area contributed by atoms with Crippen LogP contribution in [0.5, 0.6) is 11.5 Å². The van der Waals surface area contributed by atoms with Gasteiger partial charge in [-0.15, -0.1) is 11.8 Å². The number of hydrogen-bond donors (Lipinski definition) is 1. The molecule has 1 aliphatic heterocycles. The predicted molar refractivity (Wildman–Crippen MR) is 107 cm³/mol. The first-order valence-corrected chi connectivity index (χ1v) is 9.63. The van der Waals surface area contributed by atoms with E-state index in [1.807, 2.05) is 48.2 Å². The lowest BCUT2D eigenvalue weighted by Crippen LogP contribution is -2.34. The number of anilines is 1. The molecule has 1 unspecified atom stereocenters. The summed E-state index contributed by atoms with van der Waals surface area (Å²) in [5.41, 5.74) is 2.66. The molecule has 1 fully saturated rings. The average Bonchev–Trinajstić information content (AvgIpc) is 3.13. The van der Waals surface area contributed by atoms with Gasteiger partial charge in [-0.25, -0.2) is 4.79 Å². The SMILES string of the molecule is COc1ccc(C2SCCN2C(=O)Nc2ccc(C)cc2Cl)cc1OC. The van der Waals surface area contributed by atoms with Crippen LogP contribution in [0.2, 0.25) is 5.02 Å². The minimum atomic E-state index is -0.166. The lowest BCUT2D eigenvalue weighted by atomic mass is 10.2. The summed E-state index contributed by atoms with van der Waals surface area (Å²) in [5.74, 6) is 2.19. The minimum Gasteiger partial charge on any atom is -0.493 e. The molecule has 26 heavy (non-hydrogen) atoms. The van der Waals surface area contributed by atoms with Gasteiger partial charge in [-0.05, 0) is 42.3 Å². The van der Waals surface area contributed by atoms with Crippen molar-refractivity contribution >= 4 is 35.1 Å². The standard InChI is InChI=1S/C19H21ClN2O3S/c1-12-4-6-15(14(20)10-12)21-19(23)22-8-9-26-18(22)13-5-7-16(24-2)17(11-13)25-3/h4-7,10-11,18H,8-9H2,1-3H3,(H,21,23). The smallest absolute Gasteiger partial charge is 0.323 e. The Bertz CT molecular complexity index is 815. The molecule has 5 nitrogen and oxygen atoms in total. The summed E-state index contributed by atoms with van der Waals surface area (Å²) in [5, 5.41) is 3.37. The second-order valence-corrected chi connectivity index (χ2v) is 7.54. The number of ether oxygens (including phenoxy) is 2. The molecule has 3 rings (SSSR count). The quantitative estimate of drug-likeness (QED) is 0.800. The van der Waals surface area contributed by atoms with Crippen LogP contribution in [0.4, 0.5) is 10.5 Å². The lowest BCUT2D eigenvalue weighted by Gasteiger charge is -2.25. The van der Waals surface area contributed by atoms with Crippen molar-refractivity contribution in [1.82, 2.24) is 4.90 Å². The molecule has 138 valence electrons. The summed E-state index contributed by atoms with van der Waals surface area (Å²) in [6, 6.07) is 11.2. The third kappa shape index (κ3) is 3.86. The summed E-state index contributed by atoms with van der Waals surface area (Å²) >= 11 is 7.96. The summed E-state index contributed by atoms with van der Waals surface area (Å²) < 4.78 is 10.7. The zero-order valence-electron chi connectivity index (χ0n) is 14.9. The first kappa shape index (κ1) is 18.7. The number of aryl methyl sites for hydroxylation is 1. The van der Waals surface area contributed by atoms with Gasteiger partial charge in [0.15, 0.2) is 11.5 Å². The molecule has 2 aromatic rings. The number of amides is 2. The van der Waals surface area contributed by atoms with Gasteiger partial charge in [0.1, 0.15) is 5.37 Å². The van der Waals surface area contributed by atoms with Crippen LogP contribution < -0.4 is 14.8 Å². The highest BCUT2D eigenvalue weighted by Crippen LogP contribution is 2.41. The molecule has 1 saturated heterocycles. The predicted octanol–water partition coefficient (Wildman–Crippen LogP) is 4.95. The number of nitrogens with zero attached hydrogens (tertiary/aromatic N) is 1. The fraction of sp³-hybridized carbons (Fsp3) is 0.316. The number of nitrogens with one attached hydrogen (secondary N) is 1. The Kier molecular flexibility index (Phi) is 5.84. The topological polar surface area (TPSA) is 50.8 Å². The lowest BCUT2D eigenvalue weighted by molar-refractivity contribution is 0.214. The van der Waals surface area contributed by atoms with Gasteiger partial charge < -0.3 is 19.7 Å². The largest absolute Gasteiger partial charge is 0.493 e. The van der Waals surface area contributed by atoms with E-state index in [0.29, 0.717) is 28.8 Å². The van der Waals surface area contributed by atoms with Crippen LogP contribution in [0.15, 0.2) is 36.4 Å². The van der Waals surface area contributed by atoms with Gasteiger partial charge in [-0.1, -0.05) is 23.7 Å². The molecule has 1 aliphatic rings. The Morgan fingerprint density at radius 1 is 1.19 bits per heavy atom. The molecule has 0 aromatic heterocycles. The zero-order chi connectivity index (χ0) is 18.7. The second-order valence-electron chi connectivity index (χ2n) is 5.94. The number of rotatable bonds is 4. The van der Waals surface area contributed by atoms with E-state index in [1.54, 1.807) is 26.0 Å². The Morgan fingerprint density at radius 3 is 2.65 bits per heavy atom. The monoisotopic (exact) mass is 392 g/mol. The highest BCUT2D eigenvalue weighted by molar-refractivity contribution is 7.99. The molecule has 0 saturated carbocycles. The number of carbonyl (C=O) groups is 1. The van der Waals surface area contributed by atoms with Crippen molar-refractivity contribution in [2.24, 2.45) is 0 Å². The Hall–Kier alpha value is -2.05. The van der Waals surface area contributed by atoms with E-state index in [9.17, 15) is 4.79 Å². The van der Waals surface area contributed by atoms with E-state index in [2.05, 4.69) is 5.32 Å². The molecule has 0 bridgehead atoms. The fourth-order valence-electron chi connectivity index (χ4n) is 2.87. The number of thioether (sulfide) groups is 1. The normalized spacial score (nSPS) is 16.5. The minimum absolute atomic E-state index is 0.0842. The van der Waals surface area contributed by atoms with Crippen LogP contribution in [-0.4, -0.2) is 37.4 Å². The van der Waals surface area contributed by atoms with Crippen molar-refractivity contribution in [3.63, 3.8) is 0 Å². The number of methoxy groups -OCH3 is 2. The fourth-order valence-corrected chi connectivity index (χ4v) is 4.40. The molecular weight excluding hydrogens is 372 g/mol. The van der Waals surface area contributed by atoms with Crippen LogP contribution in [0.25, 0.3) is 0 Å². The summed E-state index contributed by atoms with van der Waals surface area (Å²) in [6.07, 6.45) is 0.